The topological polar surface area (TPSA) is 96.6 Å². The number of hydrogen-bond acceptors (Lipinski definition) is 7. The summed E-state index contributed by atoms with van der Waals surface area (Å²) in [7, 11) is -3.62. The lowest BCUT2D eigenvalue weighted by Crippen LogP contribution is -2.44. The van der Waals surface area contributed by atoms with Crippen LogP contribution in [0.1, 0.15) is 24.3 Å². The zero-order valence-corrected chi connectivity index (χ0v) is 18.7. The number of nitrogens with zero attached hydrogens (tertiary/aromatic N) is 4. The van der Waals surface area contributed by atoms with E-state index in [4.69, 9.17) is 4.52 Å². The summed E-state index contributed by atoms with van der Waals surface area (Å²) in [5.74, 6) is 0.759. The van der Waals surface area contributed by atoms with Crippen LogP contribution in [0, 0.1) is 12.8 Å². The van der Waals surface area contributed by atoms with Gasteiger partial charge in [0.2, 0.25) is 17.6 Å². The summed E-state index contributed by atoms with van der Waals surface area (Å²) in [5, 5.41) is 5.57. The summed E-state index contributed by atoms with van der Waals surface area (Å²) in [6, 6.07) is 9.57. The molecule has 1 aromatic carbocycles. The second-order valence-electron chi connectivity index (χ2n) is 7.84. The van der Waals surface area contributed by atoms with Crippen molar-refractivity contribution in [2.75, 3.05) is 24.5 Å². The molecule has 2 aliphatic heterocycles. The van der Waals surface area contributed by atoms with Gasteiger partial charge in [0.1, 0.15) is 4.21 Å². The van der Waals surface area contributed by atoms with Crippen LogP contribution < -0.4 is 4.90 Å². The van der Waals surface area contributed by atoms with Gasteiger partial charge < -0.3 is 9.42 Å². The quantitative estimate of drug-likeness (QED) is 0.596. The Labute approximate surface area is 184 Å². The van der Waals surface area contributed by atoms with Gasteiger partial charge in [-0.15, -0.1) is 11.3 Å². The number of rotatable bonds is 4. The molecule has 1 saturated heterocycles. The number of carbonyl (C=O) groups excluding carboxylic acids is 1. The fourth-order valence-electron chi connectivity index (χ4n) is 4.24. The summed E-state index contributed by atoms with van der Waals surface area (Å²) < 4.78 is 32.9. The van der Waals surface area contributed by atoms with Gasteiger partial charge in [-0.25, -0.2) is 8.42 Å². The number of anilines is 1. The van der Waals surface area contributed by atoms with Crippen molar-refractivity contribution in [1.82, 2.24) is 14.4 Å². The van der Waals surface area contributed by atoms with Crippen LogP contribution in [0.5, 0.6) is 0 Å². The van der Waals surface area contributed by atoms with Crippen molar-refractivity contribution in [1.29, 1.82) is 0 Å². The number of hydrogen-bond donors (Lipinski definition) is 0. The second kappa shape index (κ2) is 7.85. The summed E-state index contributed by atoms with van der Waals surface area (Å²) in [5.41, 5.74) is 2.81. The van der Waals surface area contributed by atoms with Crippen molar-refractivity contribution < 1.29 is 17.7 Å². The molecule has 5 rings (SSSR count). The maximum Gasteiger partial charge on any atom is 0.252 e. The highest BCUT2D eigenvalue weighted by Crippen LogP contribution is 2.34. The highest BCUT2D eigenvalue weighted by atomic mass is 32.2. The number of sulfonamides is 1. The standard InChI is InChI=1S/C21H22N4O4S2/c1-14-22-20(23-29-14)17-12-19(30-13-17)31(27,28)24-9-6-16(7-10-24)21(26)25-11-8-15-4-2-3-5-18(15)25/h2-5,12-13,16H,6-11H2,1H3. The third-order valence-corrected chi connectivity index (χ3v) is 9.23. The van der Waals surface area contributed by atoms with Crippen molar-refractivity contribution in [2.45, 2.75) is 30.4 Å². The molecule has 0 radical (unpaired) electrons. The maximum atomic E-state index is 13.1. The normalized spacial score (nSPS) is 17.8. The zero-order valence-electron chi connectivity index (χ0n) is 17.0. The first kappa shape index (κ1) is 20.3. The molecule has 0 spiro atoms. The Morgan fingerprint density at radius 3 is 2.71 bits per heavy atom. The molecule has 162 valence electrons. The molecule has 2 aromatic heterocycles. The third kappa shape index (κ3) is 3.68. The van der Waals surface area contributed by atoms with Crippen LogP contribution in [-0.4, -0.2) is 48.4 Å². The Morgan fingerprint density at radius 1 is 1.19 bits per heavy atom. The van der Waals surface area contributed by atoms with Crippen LogP contribution in [-0.2, 0) is 21.2 Å². The van der Waals surface area contributed by atoms with Crippen molar-refractivity contribution >= 4 is 33.0 Å². The molecule has 0 unspecified atom stereocenters. The van der Waals surface area contributed by atoms with Crippen LogP contribution in [0.3, 0.4) is 0 Å². The van der Waals surface area contributed by atoms with Gasteiger partial charge in [0.25, 0.3) is 10.0 Å². The molecule has 3 aromatic rings. The fraction of sp³-hybridized carbons (Fsp3) is 0.381. The number of thiophene rings is 1. The van der Waals surface area contributed by atoms with Gasteiger partial charge in [0.05, 0.1) is 0 Å². The first-order chi connectivity index (χ1) is 14.9. The molecule has 4 heterocycles. The number of aryl methyl sites for hydroxylation is 1. The van der Waals surface area contributed by atoms with E-state index in [0.717, 1.165) is 23.4 Å². The molecule has 0 saturated carbocycles. The predicted molar refractivity (Wildman–Crippen MR) is 116 cm³/mol. The number of benzene rings is 1. The summed E-state index contributed by atoms with van der Waals surface area (Å²) >= 11 is 1.15. The minimum absolute atomic E-state index is 0.105. The van der Waals surface area contributed by atoms with E-state index < -0.39 is 10.0 Å². The van der Waals surface area contributed by atoms with Crippen molar-refractivity contribution in [3.8, 4) is 11.4 Å². The summed E-state index contributed by atoms with van der Waals surface area (Å²) in [4.78, 5) is 19.1. The second-order valence-corrected chi connectivity index (χ2v) is 10.9. The Balaban J connectivity index is 1.26. The molecule has 10 heteroatoms. The van der Waals surface area contributed by atoms with Gasteiger partial charge in [-0.2, -0.15) is 9.29 Å². The molecular formula is C21H22N4O4S2. The van der Waals surface area contributed by atoms with E-state index in [1.54, 1.807) is 18.4 Å². The third-order valence-electron chi connectivity index (χ3n) is 5.91. The van der Waals surface area contributed by atoms with Crippen LogP contribution in [0.15, 0.2) is 44.4 Å². The van der Waals surface area contributed by atoms with Gasteiger partial charge >= 0.3 is 0 Å². The monoisotopic (exact) mass is 458 g/mol. The molecule has 0 aliphatic carbocycles. The largest absolute Gasteiger partial charge is 0.339 e. The summed E-state index contributed by atoms with van der Waals surface area (Å²) in [6.07, 6.45) is 1.92. The number of para-hydroxylation sites is 1. The molecule has 8 nitrogen and oxygen atoms in total. The van der Waals surface area contributed by atoms with Gasteiger partial charge in [0, 0.05) is 49.1 Å². The fourth-order valence-corrected chi connectivity index (χ4v) is 7.02. The highest BCUT2D eigenvalue weighted by molar-refractivity contribution is 7.91. The van der Waals surface area contributed by atoms with Gasteiger partial charge in [-0.1, -0.05) is 23.4 Å². The Morgan fingerprint density at radius 2 is 1.97 bits per heavy atom. The van der Waals surface area contributed by atoms with E-state index in [1.165, 1.54) is 9.87 Å². The average Bonchev–Trinajstić information content (AvgIpc) is 3.52. The van der Waals surface area contributed by atoms with E-state index in [2.05, 4.69) is 16.2 Å². The number of amides is 1. The maximum absolute atomic E-state index is 13.1. The highest BCUT2D eigenvalue weighted by Gasteiger charge is 2.36. The minimum atomic E-state index is -3.62. The average molecular weight is 459 g/mol. The first-order valence-electron chi connectivity index (χ1n) is 10.2. The van der Waals surface area contributed by atoms with Crippen LogP contribution in [0.4, 0.5) is 5.69 Å². The molecule has 0 N–H and O–H groups in total. The minimum Gasteiger partial charge on any atom is -0.339 e. The van der Waals surface area contributed by atoms with Gasteiger partial charge in [-0.05, 0) is 37.0 Å². The SMILES string of the molecule is Cc1nc(-c2csc(S(=O)(=O)N3CCC(C(=O)N4CCc5ccccc54)CC3)c2)no1. The molecular weight excluding hydrogens is 436 g/mol. The Kier molecular flexibility index (Phi) is 5.15. The van der Waals surface area contributed by atoms with Gasteiger partial charge in [-0.3, -0.25) is 4.79 Å². The van der Waals surface area contributed by atoms with E-state index >= 15 is 0 Å². The molecule has 0 bridgehead atoms. The Bertz CT molecular complexity index is 1230. The van der Waals surface area contributed by atoms with Crippen LogP contribution in [0.2, 0.25) is 0 Å². The molecule has 1 amide bonds. The van der Waals surface area contributed by atoms with E-state index in [0.29, 0.717) is 49.8 Å². The number of carbonyl (C=O) groups is 1. The molecule has 1 fully saturated rings. The van der Waals surface area contributed by atoms with Crippen molar-refractivity contribution in [2.24, 2.45) is 5.92 Å². The molecule has 0 atom stereocenters. The Hall–Kier alpha value is -2.56. The first-order valence-corrected chi connectivity index (χ1v) is 12.5. The number of aromatic nitrogens is 2. The number of fused-ring (bicyclic) bond motifs is 1. The molecule has 31 heavy (non-hydrogen) atoms. The predicted octanol–water partition coefficient (Wildman–Crippen LogP) is 3.10. The number of piperidine rings is 1. The van der Waals surface area contributed by atoms with E-state index in [1.807, 2.05) is 23.1 Å². The van der Waals surface area contributed by atoms with Crippen molar-refractivity contribution in [3.63, 3.8) is 0 Å². The lowest BCUT2D eigenvalue weighted by atomic mass is 9.96. The van der Waals surface area contributed by atoms with Gasteiger partial charge in [0.15, 0.2) is 0 Å². The lowest BCUT2D eigenvalue weighted by Gasteiger charge is -2.32. The summed E-state index contributed by atoms with van der Waals surface area (Å²) in [6.45, 7) is 3.06. The molecule has 2 aliphatic rings. The van der Waals surface area contributed by atoms with Crippen LogP contribution >= 0.6 is 11.3 Å². The van der Waals surface area contributed by atoms with Crippen molar-refractivity contribution in [3.05, 3.63) is 47.2 Å². The van der Waals surface area contributed by atoms with E-state index in [9.17, 15) is 13.2 Å². The smallest absolute Gasteiger partial charge is 0.252 e. The van der Waals surface area contributed by atoms with E-state index in [-0.39, 0.29) is 16.0 Å². The van der Waals surface area contributed by atoms with Crippen LogP contribution in [0.25, 0.3) is 11.4 Å². The zero-order chi connectivity index (χ0) is 21.6. The lowest BCUT2D eigenvalue weighted by molar-refractivity contribution is -0.123.